The first-order valence-electron chi connectivity index (χ1n) is 8.52. The van der Waals surface area contributed by atoms with Gasteiger partial charge in [-0.2, -0.15) is 5.10 Å². The summed E-state index contributed by atoms with van der Waals surface area (Å²) in [6.45, 7) is 0. The van der Waals surface area contributed by atoms with Crippen molar-refractivity contribution in [2.24, 2.45) is 0 Å². The summed E-state index contributed by atoms with van der Waals surface area (Å²) >= 11 is 3.51. The van der Waals surface area contributed by atoms with E-state index in [9.17, 15) is 0 Å². The van der Waals surface area contributed by atoms with Crippen LogP contribution in [0.25, 0.3) is 38.5 Å². The van der Waals surface area contributed by atoms with Gasteiger partial charge in [0.1, 0.15) is 0 Å². The van der Waals surface area contributed by atoms with Crippen molar-refractivity contribution in [2.45, 2.75) is 0 Å². The van der Waals surface area contributed by atoms with Gasteiger partial charge in [0.15, 0.2) is 0 Å². The van der Waals surface area contributed by atoms with Crippen molar-refractivity contribution in [1.29, 1.82) is 0 Å². The maximum absolute atomic E-state index is 4.61. The average Bonchev–Trinajstić information content (AvgIpc) is 3.16. The molecule has 3 heteroatoms. The number of fused-ring (bicyclic) bond motifs is 2. The Morgan fingerprint density at radius 2 is 1.31 bits per heavy atom. The van der Waals surface area contributed by atoms with Gasteiger partial charge in [-0.05, 0) is 57.9 Å². The van der Waals surface area contributed by atoms with Gasteiger partial charge in [-0.15, -0.1) is 0 Å². The summed E-state index contributed by atoms with van der Waals surface area (Å²) in [5, 5.41) is 9.57. The van der Waals surface area contributed by atoms with Gasteiger partial charge in [0, 0.05) is 10.0 Å². The fourth-order valence-corrected chi connectivity index (χ4v) is 3.83. The van der Waals surface area contributed by atoms with E-state index in [1.54, 1.807) is 0 Å². The normalized spacial score (nSPS) is 11.3. The third-order valence-corrected chi connectivity index (χ3v) is 5.27. The SMILES string of the molecule is Brc1ccc(-n2nccc2-c2c3ccccc3cc3ccccc23)cc1. The molecular formula is C23H15BrN2. The number of benzene rings is 4. The standard InChI is InChI=1S/C23H15BrN2/c24-18-9-11-19(12-10-18)26-22(13-14-25-26)23-20-7-3-1-5-16(20)15-17-6-2-4-8-21(17)23/h1-15H. The van der Waals surface area contributed by atoms with Crippen molar-refractivity contribution in [1.82, 2.24) is 9.78 Å². The van der Waals surface area contributed by atoms with E-state index >= 15 is 0 Å². The lowest BCUT2D eigenvalue weighted by Crippen LogP contribution is -1.99. The molecule has 0 aliphatic carbocycles. The fraction of sp³-hybridized carbons (Fsp3) is 0. The maximum atomic E-state index is 4.61. The molecule has 0 saturated heterocycles. The molecule has 0 aliphatic rings. The lowest BCUT2D eigenvalue weighted by atomic mass is 9.95. The fourth-order valence-electron chi connectivity index (χ4n) is 3.57. The second kappa shape index (κ2) is 6.11. The van der Waals surface area contributed by atoms with E-state index in [0.717, 1.165) is 15.9 Å². The molecule has 0 unspecified atom stereocenters. The molecule has 0 N–H and O–H groups in total. The van der Waals surface area contributed by atoms with Crippen molar-refractivity contribution in [3.8, 4) is 16.9 Å². The van der Waals surface area contributed by atoms with Gasteiger partial charge in [-0.1, -0.05) is 64.5 Å². The van der Waals surface area contributed by atoms with E-state index in [2.05, 4.69) is 93.8 Å². The van der Waals surface area contributed by atoms with Gasteiger partial charge in [0.25, 0.3) is 0 Å². The average molecular weight is 399 g/mol. The molecule has 0 spiro atoms. The van der Waals surface area contributed by atoms with Crippen LogP contribution in [0.5, 0.6) is 0 Å². The van der Waals surface area contributed by atoms with Crippen LogP contribution in [0.1, 0.15) is 0 Å². The smallest absolute Gasteiger partial charge is 0.0753 e. The highest BCUT2D eigenvalue weighted by atomic mass is 79.9. The van der Waals surface area contributed by atoms with E-state index in [1.807, 2.05) is 23.0 Å². The summed E-state index contributed by atoms with van der Waals surface area (Å²) < 4.78 is 3.08. The summed E-state index contributed by atoms with van der Waals surface area (Å²) in [6, 6.07) is 29.7. The van der Waals surface area contributed by atoms with Crippen molar-refractivity contribution in [3.05, 3.63) is 95.6 Å². The number of rotatable bonds is 2. The molecule has 0 atom stereocenters. The lowest BCUT2D eigenvalue weighted by Gasteiger charge is -2.14. The molecule has 4 aromatic carbocycles. The molecule has 1 heterocycles. The first-order chi connectivity index (χ1) is 12.8. The van der Waals surface area contributed by atoms with Crippen LogP contribution in [0, 0.1) is 0 Å². The zero-order valence-electron chi connectivity index (χ0n) is 13.9. The molecule has 2 nitrogen and oxygen atoms in total. The predicted octanol–water partition coefficient (Wildman–Crippen LogP) is 6.61. The minimum atomic E-state index is 1.05. The summed E-state index contributed by atoms with van der Waals surface area (Å²) in [6.07, 6.45) is 1.87. The minimum absolute atomic E-state index is 1.05. The summed E-state index contributed by atoms with van der Waals surface area (Å²) in [5.41, 5.74) is 3.37. The van der Waals surface area contributed by atoms with Crippen LogP contribution < -0.4 is 0 Å². The topological polar surface area (TPSA) is 17.8 Å². The van der Waals surface area contributed by atoms with Crippen molar-refractivity contribution in [3.63, 3.8) is 0 Å². The first kappa shape index (κ1) is 15.4. The lowest BCUT2D eigenvalue weighted by molar-refractivity contribution is 0.889. The van der Waals surface area contributed by atoms with E-state index in [1.165, 1.54) is 27.1 Å². The molecule has 124 valence electrons. The van der Waals surface area contributed by atoms with Crippen LogP contribution >= 0.6 is 15.9 Å². The van der Waals surface area contributed by atoms with E-state index in [4.69, 9.17) is 0 Å². The Kier molecular flexibility index (Phi) is 3.61. The van der Waals surface area contributed by atoms with Gasteiger partial charge >= 0.3 is 0 Å². The third-order valence-electron chi connectivity index (χ3n) is 4.74. The van der Waals surface area contributed by atoms with Gasteiger partial charge in [0.2, 0.25) is 0 Å². The molecular weight excluding hydrogens is 384 g/mol. The Balaban J connectivity index is 1.87. The largest absolute Gasteiger partial charge is 0.233 e. The Bertz CT molecular complexity index is 1180. The van der Waals surface area contributed by atoms with E-state index < -0.39 is 0 Å². The van der Waals surface area contributed by atoms with Gasteiger partial charge in [-0.3, -0.25) is 0 Å². The molecule has 1 aromatic heterocycles. The Morgan fingerprint density at radius 1 is 0.692 bits per heavy atom. The molecule has 0 radical (unpaired) electrons. The molecule has 0 bridgehead atoms. The van der Waals surface area contributed by atoms with Crippen molar-refractivity contribution in [2.75, 3.05) is 0 Å². The molecule has 5 aromatic rings. The van der Waals surface area contributed by atoms with Gasteiger partial charge < -0.3 is 0 Å². The first-order valence-corrected chi connectivity index (χ1v) is 9.31. The van der Waals surface area contributed by atoms with Crippen LogP contribution in [-0.4, -0.2) is 9.78 Å². The van der Waals surface area contributed by atoms with Crippen LogP contribution in [-0.2, 0) is 0 Å². The molecule has 0 aliphatic heterocycles. The number of halogens is 1. The molecule has 0 saturated carbocycles. The highest BCUT2D eigenvalue weighted by Gasteiger charge is 2.14. The van der Waals surface area contributed by atoms with Crippen molar-refractivity contribution < 1.29 is 0 Å². The monoisotopic (exact) mass is 398 g/mol. The van der Waals surface area contributed by atoms with Crippen LogP contribution in [0.4, 0.5) is 0 Å². The molecule has 26 heavy (non-hydrogen) atoms. The van der Waals surface area contributed by atoms with E-state index in [-0.39, 0.29) is 0 Å². The minimum Gasteiger partial charge on any atom is -0.233 e. The van der Waals surface area contributed by atoms with Gasteiger partial charge in [0.05, 0.1) is 17.6 Å². The number of hydrogen-bond acceptors (Lipinski definition) is 1. The Labute approximate surface area is 159 Å². The van der Waals surface area contributed by atoms with Crippen LogP contribution in [0.3, 0.4) is 0 Å². The number of hydrogen-bond donors (Lipinski definition) is 0. The van der Waals surface area contributed by atoms with Crippen LogP contribution in [0.2, 0.25) is 0 Å². The Morgan fingerprint density at radius 3 is 1.96 bits per heavy atom. The molecule has 0 fully saturated rings. The van der Waals surface area contributed by atoms with Crippen LogP contribution in [0.15, 0.2) is 95.6 Å². The number of aromatic nitrogens is 2. The van der Waals surface area contributed by atoms with Crippen molar-refractivity contribution >= 4 is 37.5 Å². The number of nitrogens with zero attached hydrogens (tertiary/aromatic N) is 2. The van der Waals surface area contributed by atoms with Gasteiger partial charge in [-0.25, -0.2) is 4.68 Å². The summed E-state index contributed by atoms with van der Waals surface area (Å²) in [4.78, 5) is 0. The van der Waals surface area contributed by atoms with E-state index in [0.29, 0.717) is 0 Å². The quantitative estimate of drug-likeness (QED) is 0.306. The summed E-state index contributed by atoms with van der Waals surface area (Å²) in [7, 11) is 0. The zero-order valence-corrected chi connectivity index (χ0v) is 15.5. The predicted molar refractivity (Wildman–Crippen MR) is 112 cm³/mol. The maximum Gasteiger partial charge on any atom is 0.0753 e. The zero-order chi connectivity index (χ0) is 17.5. The summed E-state index contributed by atoms with van der Waals surface area (Å²) in [5.74, 6) is 0. The Hall–Kier alpha value is -2.91. The second-order valence-electron chi connectivity index (χ2n) is 6.30. The molecule has 0 amide bonds. The molecule has 5 rings (SSSR count). The third kappa shape index (κ3) is 2.44. The highest BCUT2D eigenvalue weighted by Crippen LogP contribution is 2.37. The highest BCUT2D eigenvalue weighted by molar-refractivity contribution is 9.10. The second-order valence-corrected chi connectivity index (χ2v) is 7.21.